The first-order valence-electron chi connectivity index (χ1n) is 5.49. The van der Waals surface area contributed by atoms with Gasteiger partial charge in [0.05, 0.1) is 12.0 Å². The molecule has 0 aliphatic carbocycles. The first-order valence-corrected chi connectivity index (χ1v) is 6.31. The van der Waals surface area contributed by atoms with E-state index >= 15 is 0 Å². The maximum atomic E-state index is 11.8. The van der Waals surface area contributed by atoms with Crippen molar-refractivity contribution in [2.24, 2.45) is 0 Å². The molecule has 4 heteroatoms. The predicted molar refractivity (Wildman–Crippen MR) is 69.3 cm³/mol. The summed E-state index contributed by atoms with van der Waals surface area (Å²) in [5, 5.41) is 10.5. The topological polar surface area (TPSA) is 46.5 Å². The Labute approximate surface area is 104 Å². The van der Waals surface area contributed by atoms with Crippen LogP contribution in [0, 0.1) is 0 Å². The highest BCUT2D eigenvalue weighted by atomic mass is 32.1. The number of thiophene rings is 1. The molecule has 1 heterocycles. The van der Waals surface area contributed by atoms with E-state index in [1.54, 1.807) is 12.1 Å². The van der Waals surface area contributed by atoms with E-state index in [-0.39, 0.29) is 11.5 Å². The number of hydrogen-bond acceptors (Lipinski definition) is 4. The van der Waals surface area contributed by atoms with Crippen LogP contribution in [0.15, 0.2) is 18.2 Å². The molecule has 2 rings (SSSR count). The third-order valence-electron chi connectivity index (χ3n) is 2.57. The number of fused-ring (bicyclic) bond motifs is 1. The molecule has 1 aromatic carbocycles. The van der Waals surface area contributed by atoms with E-state index in [1.807, 2.05) is 13.0 Å². The Kier molecular flexibility index (Phi) is 3.33. The Morgan fingerprint density at radius 3 is 2.82 bits per heavy atom. The fourth-order valence-corrected chi connectivity index (χ4v) is 2.75. The van der Waals surface area contributed by atoms with Crippen LogP contribution in [0.25, 0.3) is 10.1 Å². The molecule has 0 radical (unpaired) electrons. The van der Waals surface area contributed by atoms with Crippen molar-refractivity contribution in [1.29, 1.82) is 0 Å². The summed E-state index contributed by atoms with van der Waals surface area (Å²) in [5.41, 5.74) is 0. The average Bonchev–Trinajstić information content (AvgIpc) is 2.71. The van der Waals surface area contributed by atoms with Crippen LogP contribution < -0.4 is 4.74 Å². The third kappa shape index (κ3) is 2.26. The summed E-state index contributed by atoms with van der Waals surface area (Å²) in [6, 6.07) is 5.22. The third-order valence-corrected chi connectivity index (χ3v) is 3.71. The normalized spacial score (nSPS) is 10.7. The van der Waals surface area contributed by atoms with Crippen LogP contribution >= 0.6 is 11.3 Å². The standard InChI is InChI=1S/C13H14O3S/c1-3-4-9(14)13-6-8-5-10(15)11(16-2)7-12(8)17-13/h5-7,15H,3-4H2,1-2H3. The minimum Gasteiger partial charge on any atom is -0.504 e. The minimum atomic E-state index is 0.104. The molecular formula is C13H14O3S. The summed E-state index contributed by atoms with van der Waals surface area (Å²) in [4.78, 5) is 12.5. The second-order valence-corrected chi connectivity index (χ2v) is 4.93. The fourth-order valence-electron chi connectivity index (χ4n) is 1.71. The van der Waals surface area contributed by atoms with Gasteiger partial charge in [-0.3, -0.25) is 4.79 Å². The zero-order valence-electron chi connectivity index (χ0n) is 9.82. The van der Waals surface area contributed by atoms with Crippen molar-refractivity contribution in [3.8, 4) is 11.5 Å². The van der Waals surface area contributed by atoms with Crippen LogP contribution in [-0.2, 0) is 0 Å². The lowest BCUT2D eigenvalue weighted by atomic mass is 10.2. The second kappa shape index (κ2) is 4.75. The molecule has 0 fully saturated rings. The van der Waals surface area contributed by atoms with Gasteiger partial charge in [-0.05, 0) is 23.9 Å². The number of phenols is 1. The Morgan fingerprint density at radius 2 is 2.18 bits per heavy atom. The van der Waals surface area contributed by atoms with Gasteiger partial charge in [-0.1, -0.05) is 6.92 Å². The SMILES string of the molecule is CCCC(=O)c1cc2cc(O)c(OC)cc2s1. The molecule has 0 saturated carbocycles. The molecule has 0 unspecified atom stereocenters. The molecule has 17 heavy (non-hydrogen) atoms. The van der Waals surface area contributed by atoms with E-state index < -0.39 is 0 Å². The van der Waals surface area contributed by atoms with Crippen molar-refractivity contribution in [1.82, 2.24) is 0 Å². The highest BCUT2D eigenvalue weighted by molar-refractivity contribution is 7.20. The number of carbonyl (C=O) groups is 1. The van der Waals surface area contributed by atoms with Gasteiger partial charge in [0, 0.05) is 17.2 Å². The molecule has 0 spiro atoms. The Morgan fingerprint density at radius 1 is 1.41 bits per heavy atom. The molecule has 2 aromatic rings. The Balaban J connectivity index is 2.47. The zero-order valence-corrected chi connectivity index (χ0v) is 10.6. The van der Waals surface area contributed by atoms with Gasteiger partial charge in [0.25, 0.3) is 0 Å². The first-order chi connectivity index (χ1) is 8.15. The van der Waals surface area contributed by atoms with Crippen LogP contribution in [0.3, 0.4) is 0 Å². The minimum absolute atomic E-state index is 0.104. The lowest BCUT2D eigenvalue weighted by Gasteiger charge is -2.01. The number of carbonyl (C=O) groups excluding carboxylic acids is 1. The van der Waals surface area contributed by atoms with Gasteiger partial charge >= 0.3 is 0 Å². The molecule has 1 N–H and O–H groups in total. The lowest BCUT2D eigenvalue weighted by molar-refractivity contribution is 0.0985. The van der Waals surface area contributed by atoms with Gasteiger partial charge in [0.15, 0.2) is 17.3 Å². The highest BCUT2D eigenvalue weighted by Gasteiger charge is 2.12. The number of aromatic hydroxyl groups is 1. The number of rotatable bonds is 4. The van der Waals surface area contributed by atoms with E-state index in [1.165, 1.54) is 18.4 Å². The monoisotopic (exact) mass is 250 g/mol. The first kappa shape index (κ1) is 11.9. The van der Waals surface area contributed by atoms with E-state index in [9.17, 15) is 9.90 Å². The maximum absolute atomic E-state index is 11.8. The van der Waals surface area contributed by atoms with Crippen molar-refractivity contribution in [3.63, 3.8) is 0 Å². The summed E-state index contributed by atoms with van der Waals surface area (Å²) in [7, 11) is 1.51. The smallest absolute Gasteiger partial charge is 0.172 e. The molecule has 3 nitrogen and oxygen atoms in total. The number of ketones is 1. The number of hydrogen-bond donors (Lipinski definition) is 1. The highest BCUT2D eigenvalue weighted by Crippen LogP contribution is 2.36. The summed E-state index contributed by atoms with van der Waals surface area (Å²) >= 11 is 1.44. The van der Waals surface area contributed by atoms with Crippen LogP contribution in [0.1, 0.15) is 29.4 Å². The summed E-state index contributed by atoms with van der Waals surface area (Å²) in [6.07, 6.45) is 1.41. The van der Waals surface area contributed by atoms with Gasteiger partial charge in [-0.15, -0.1) is 11.3 Å². The van der Waals surface area contributed by atoms with E-state index in [4.69, 9.17) is 4.74 Å². The molecule has 0 saturated heterocycles. The molecule has 0 aliphatic heterocycles. The number of phenolic OH excluding ortho intramolecular Hbond substituents is 1. The van der Waals surface area contributed by atoms with E-state index in [2.05, 4.69) is 0 Å². The number of Topliss-reactive ketones (excluding diaryl/α,β-unsaturated/α-hetero) is 1. The lowest BCUT2D eigenvalue weighted by Crippen LogP contribution is -1.93. The molecule has 1 aromatic heterocycles. The van der Waals surface area contributed by atoms with Crippen molar-refractivity contribution in [3.05, 3.63) is 23.1 Å². The molecule has 0 atom stereocenters. The Bertz CT molecular complexity index is 557. The second-order valence-electron chi connectivity index (χ2n) is 3.85. The van der Waals surface area contributed by atoms with Gasteiger partial charge in [-0.25, -0.2) is 0 Å². The maximum Gasteiger partial charge on any atom is 0.172 e. The van der Waals surface area contributed by atoms with Crippen LogP contribution in [-0.4, -0.2) is 18.0 Å². The number of methoxy groups -OCH3 is 1. The number of benzene rings is 1. The molecular weight excluding hydrogens is 236 g/mol. The predicted octanol–water partition coefficient (Wildman–Crippen LogP) is 3.60. The van der Waals surface area contributed by atoms with Crippen molar-refractivity contribution >= 4 is 27.2 Å². The number of ether oxygens (including phenoxy) is 1. The molecule has 90 valence electrons. The quantitative estimate of drug-likeness (QED) is 0.843. The van der Waals surface area contributed by atoms with Gasteiger partial charge in [0.2, 0.25) is 0 Å². The zero-order chi connectivity index (χ0) is 12.4. The van der Waals surface area contributed by atoms with Gasteiger partial charge in [0.1, 0.15) is 0 Å². The van der Waals surface area contributed by atoms with E-state index in [0.29, 0.717) is 12.2 Å². The van der Waals surface area contributed by atoms with Gasteiger partial charge in [-0.2, -0.15) is 0 Å². The van der Waals surface area contributed by atoms with Crippen molar-refractivity contribution in [2.75, 3.05) is 7.11 Å². The molecule has 0 aliphatic rings. The van der Waals surface area contributed by atoms with Crippen LogP contribution in [0.2, 0.25) is 0 Å². The van der Waals surface area contributed by atoms with Crippen LogP contribution in [0.5, 0.6) is 11.5 Å². The molecule has 0 bridgehead atoms. The summed E-state index contributed by atoms with van der Waals surface area (Å²) < 4.78 is 6.00. The summed E-state index contributed by atoms with van der Waals surface area (Å²) in [6.45, 7) is 1.99. The Hall–Kier alpha value is -1.55. The average molecular weight is 250 g/mol. The molecule has 0 amide bonds. The van der Waals surface area contributed by atoms with Gasteiger partial charge < -0.3 is 9.84 Å². The summed E-state index contributed by atoms with van der Waals surface area (Å²) in [5.74, 6) is 0.702. The van der Waals surface area contributed by atoms with Crippen molar-refractivity contribution in [2.45, 2.75) is 19.8 Å². The van der Waals surface area contributed by atoms with E-state index in [0.717, 1.165) is 21.4 Å². The van der Waals surface area contributed by atoms with Crippen molar-refractivity contribution < 1.29 is 14.6 Å². The largest absolute Gasteiger partial charge is 0.504 e. The fraction of sp³-hybridized carbons (Fsp3) is 0.308. The van der Waals surface area contributed by atoms with Crippen LogP contribution in [0.4, 0.5) is 0 Å².